The lowest BCUT2D eigenvalue weighted by Gasteiger charge is -2.24. The van der Waals surface area contributed by atoms with Gasteiger partial charge in [-0.2, -0.15) is 0 Å². The normalized spacial score (nSPS) is 21.2. The molecule has 1 aliphatic carbocycles. The summed E-state index contributed by atoms with van der Waals surface area (Å²) in [5.74, 6) is 0.819. The molecule has 1 aliphatic heterocycles. The third-order valence-corrected chi connectivity index (χ3v) is 7.11. The van der Waals surface area contributed by atoms with Crippen molar-refractivity contribution in [1.29, 1.82) is 0 Å². The van der Waals surface area contributed by atoms with Gasteiger partial charge < -0.3 is 10.6 Å². The number of sulfonamides is 1. The molecule has 2 fully saturated rings. The van der Waals surface area contributed by atoms with Crippen LogP contribution < -0.4 is 15.4 Å². The van der Waals surface area contributed by atoms with Gasteiger partial charge in [0.1, 0.15) is 0 Å². The Morgan fingerprint density at radius 1 is 1.14 bits per heavy atom. The maximum absolute atomic E-state index is 11.6. The van der Waals surface area contributed by atoms with Crippen molar-refractivity contribution >= 4 is 40.0 Å². The molecule has 1 atom stereocenters. The fraction of sp³-hybridized carbons (Fsp3) is 0.650. The molecule has 0 amide bonds. The number of rotatable bonds is 7. The number of nitrogens with one attached hydrogen (secondary N) is 3. The average Bonchev–Trinajstić information content (AvgIpc) is 3.37. The highest BCUT2D eigenvalue weighted by atomic mass is 127. The van der Waals surface area contributed by atoms with Gasteiger partial charge in [-0.25, -0.2) is 13.1 Å². The van der Waals surface area contributed by atoms with E-state index >= 15 is 0 Å². The summed E-state index contributed by atoms with van der Waals surface area (Å²) >= 11 is 0. The summed E-state index contributed by atoms with van der Waals surface area (Å²) in [6, 6.07) is 8.86. The molecular weight excluding hydrogens is 501 g/mol. The van der Waals surface area contributed by atoms with Gasteiger partial charge in [0.15, 0.2) is 5.96 Å². The Balaban J connectivity index is 0.00000300. The SMILES string of the molecule is CN=C(NCc1ccc(CS(=O)(=O)NC)cc1)NC1CCN(C2CCCC2)C1.I. The van der Waals surface area contributed by atoms with Gasteiger partial charge in [-0.3, -0.25) is 9.89 Å². The molecule has 1 saturated heterocycles. The standard InChI is InChI=1S/C20H33N5O2S.HI/c1-21-20(24-18-11-12-25(14-18)19-5-3-4-6-19)23-13-16-7-9-17(10-8-16)15-28(26,27)22-2;/h7-10,18-19,22H,3-6,11-15H2,1-2H3,(H2,21,23,24);1H. The van der Waals surface area contributed by atoms with Gasteiger partial charge in [0, 0.05) is 38.8 Å². The predicted octanol–water partition coefficient (Wildman–Crippen LogP) is 2.04. The summed E-state index contributed by atoms with van der Waals surface area (Å²) in [5, 5.41) is 6.91. The number of likely N-dealkylation sites (tertiary alicyclic amines) is 1. The van der Waals surface area contributed by atoms with Crippen molar-refractivity contribution in [2.45, 2.75) is 56.5 Å². The van der Waals surface area contributed by atoms with Crippen molar-refractivity contribution in [3.63, 3.8) is 0 Å². The Bertz CT molecular complexity index is 764. The van der Waals surface area contributed by atoms with Gasteiger partial charge in [-0.1, -0.05) is 37.1 Å². The van der Waals surface area contributed by atoms with E-state index in [1.54, 1.807) is 7.05 Å². The first kappa shape index (κ1) is 24.4. The van der Waals surface area contributed by atoms with Crippen LogP contribution in [0, 0.1) is 0 Å². The van der Waals surface area contributed by atoms with E-state index in [4.69, 9.17) is 0 Å². The molecule has 0 aromatic heterocycles. The van der Waals surface area contributed by atoms with Crippen LogP contribution in [-0.4, -0.2) is 58.5 Å². The summed E-state index contributed by atoms with van der Waals surface area (Å²) in [4.78, 5) is 6.99. The minimum Gasteiger partial charge on any atom is -0.352 e. The number of hydrogen-bond donors (Lipinski definition) is 3. The summed E-state index contributed by atoms with van der Waals surface area (Å²) in [5.41, 5.74) is 1.87. The molecule has 1 aromatic carbocycles. The molecule has 7 nitrogen and oxygen atoms in total. The Labute approximate surface area is 192 Å². The minimum atomic E-state index is -3.24. The zero-order valence-electron chi connectivity index (χ0n) is 17.4. The van der Waals surface area contributed by atoms with Gasteiger partial charge >= 0.3 is 0 Å². The number of halogens is 1. The first-order valence-corrected chi connectivity index (χ1v) is 11.8. The van der Waals surface area contributed by atoms with E-state index in [-0.39, 0.29) is 29.7 Å². The second-order valence-electron chi connectivity index (χ2n) is 7.77. The Kier molecular flexibility index (Phi) is 9.64. The Hall–Kier alpha value is -0.910. The molecule has 0 spiro atoms. The van der Waals surface area contributed by atoms with Gasteiger partial charge in [0.25, 0.3) is 0 Å². The monoisotopic (exact) mass is 535 g/mol. The quantitative estimate of drug-likeness (QED) is 0.283. The highest BCUT2D eigenvalue weighted by molar-refractivity contribution is 14.0. The molecule has 1 aromatic rings. The fourth-order valence-corrected chi connectivity index (χ4v) is 4.90. The molecule has 1 saturated carbocycles. The summed E-state index contributed by atoms with van der Waals surface area (Å²) < 4.78 is 25.6. The number of nitrogens with zero attached hydrogens (tertiary/aromatic N) is 2. The van der Waals surface area contributed by atoms with Crippen molar-refractivity contribution in [3.05, 3.63) is 35.4 Å². The molecule has 1 unspecified atom stereocenters. The second kappa shape index (κ2) is 11.5. The summed E-state index contributed by atoms with van der Waals surface area (Å²) in [7, 11) is -0.00763. The molecule has 1 heterocycles. The van der Waals surface area contributed by atoms with Crippen molar-refractivity contribution in [2.75, 3.05) is 27.2 Å². The Morgan fingerprint density at radius 3 is 2.41 bits per heavy atom. The molecule has 0 bridgehead atoms. The van der Waals surface area contributed by atoms with E-state index < -0.39 is 10.0 Å². The lowest BCUT2D eigenvalue weighted by Crippen LogP contribution is -2.45. The van der Waals surface area contributed by atoms with Crippen LogP contribution >= 0.6 is 24.0 Å². The van der Waals surface area contributed by atoms with E-state index in [9.17, 15) is 8.42 Å². The van der Waals surface area contributed by atoms with Gasteiger partial charge in [-0.05, 0) is 37.4 Å². The molecule has 9 heteroatoms. The molecule has 2 aliphatic rings. The van der Waals surface area contributed by atoms with Gasteiger partial charge in [-0.15, -0.1) is 24.0 Å². The number of benzene rings is 1. The van der Waals surface area contributed by atoms with E-state index in [0.29, 0.717) is 12.6 Å². The molecule has 0 radical (unpaired) electrons. The van der Waals surface area contributed by atoms with E-state index in [2.05, 4.69) is 25.2 Å². The first-order valence-electron chi connectivity index (χ1n) is 10.2. The minimum absolute atomic E-state index is 0. The van der Waals surface area contributed by atoms with Crippen LogP contribution in [0.2, 0.25) is 0 Å². The Morgan fingerprint density at radius 2 is 1.79 bits per heavy atom. The van der Waals surface area contributed by atoms with E-state index in [0.717, 1.165) is 36.1 Å². The van der Waals surface area contributed by atoms with Crippen molar-refractivity contribution in [3.8, 4) is 0 Å². The smallest absolute Gasteiger partial charge is 0.215 e. The zero-order valence-corrected chi connectivity index (χ0v) is 20.5. The lowest BCUT2D eigenvalue weighted by molar-refractivity contribution is 0.242. The van der Waals surface area contributed by atoms with Crippen LogP contribution in [0.5, 0.6) is 0 Å². The average molecular weight is 535 g/mol. The third kappa shape index (κ3) is 7.37. The van der Waals surface area contributed by atoms with Crippen LogP contribution in [-0.2, 0) is 22.3 Å². The van der Waals surface area contributed by atoms with Crippen molar-refractivity contribution in [2.24, 2.45) is 4.99 Å². The number of guanidine groups is 1. The highest BCUT2D eigenvalue weighted by Gasteiger charge is 2.30. The van der Waals surface area contributed by atoms with Crippen LogP contribution in [0.15, 0.2) is 29.3 Å². The van der Waals surface area contributed by atoms with Crippen LogP contribution in [0.3, 0.4) is 0 Å². The number of aliphatic imine (C=N–C) groups is 1. The topological polar surface area (TPSA) is 85.8 Å². The summed E-state index contributed by atoms with van der Waals surface area (Å²) in [6.07, 6.45) is 6.62. The van der Waals surface area contributed by atoms with Crippen molar-refractivity contribution in [1.82, 2.24) is 20.3 Å². The van der Waals surface area contributed by atoms with E-state index in [1.807, 2.05) is 24.3 Å². The van der Waals surface area contributed by atoms with Crippen LogP contribution in [0.25, 0.3) is 0 Å². The molecular formula is C20H34IN5O2S. The van der Waals surface area contributed by atoms with Crippen LogP contribution in [0.4, 0.5) is 0 Å². The van der Waals surface area contributed by atoms with E-state index in [1.165, 1.54) is 39.3 Å². The highest BCUT2D eigenvalue weighted by Crippen LogP contribution is 2.26. The van der Waals surface area contributed by atoms with Crippen LogP contribution in [0.1, 0.15) is 43.2 Å². The number of hydrogen-bond acceptors (Lipinski definition) is 4. The lowest BCUT2D eigenvalue weighted by atomic mass is 10.1. The first-order chi connectivity index (χ1) is 13.5. The summed E-state index contributed by atoms with van der Waals surface area (Å²) in [6.45, 7) is 2.92. The predicted molar refractivity (Wildman–Crippen MR) is 129 cm³/mol. The van der Waals surface area contributed by atoms with Crippen molar-refractivity contribution < 1.29 is 8.42 Å². The zero-order chi connectivity index (χ0) is 20.0. The molecule has 3 N–H and O–H groups in total. The second-order valence-corrected chi connectivity index (χ2v) is 9.70. The maximum atomic E-state index is 11.6. The molecule has 29 heavy (non-hydrogen) atoms. The third-order valence-electron chi connectivity index (χ3n) is 5.78. The fourth-order valence-electron chi connectivity index (χ4n) is 4.12. The maximum Gasteiger partial charge on any atom is 0.215 e. The van der Waals surface area contributed by atoms with Gasteiger partial charge in [0.05, 0.1) is 5.75 Å². The molecule has 3 rings (SSSR count). The molecule has 164 valence electrons. The largest absolute Gasteiger partial charge is 0.352 e. The van der Waals surface area contributed by atoms with Gasteiger partial charge in [0.2, 0.25) is 10.0 Å².